The lowest BCUT2D eigenvalue weighted by atomic mass is 9.95. The highest BCUT2D eigenvalue weighted by molar-refractivity contribution is 5.76. The topological polar surface area (TPSA) is 43.8 Å². The van der Waals surface area contributed by atoms with Crippen molar-refractivity contribution >= 4 is 5.82 Å². The Hall–Kier alpha value is -2.55. The molecule has 3 aromatic rings. The number of hydrogen-bond donors (Lipinski definition) is 1. The first-order valence-corrected chi connectivity index (χ1v) is 7.94. The molecule has 0 atom stereocenters. The largest absolute Gasteiger partial charge is 0.383 e. The van der Waals surface area contributed by atoms with Gasteiger partial charge in [-0.15, -0.1) is 0 Å². The zero-order valence-corrected chi connectivity index (χ0v) is 14.0. The molecule has 3 rings (SSSR count). The van der Waals surface area contributed by atoms with Crippen LogP contribution in [0.5, 0.6) is 0 Å². The first-order chi connectivity index (χ1) is 11.0. The minimum absolute atomic E-state index is 0.191. The van der Waals surface area contributed by atoms with Gasteiger partial charge in [0.1, 0.15) is 5.82 Å². The molecule has 2 N–H and O–H groups in total. The molecular formula is C20H23N3. The Balaban J connectivity index is 2.00. The average Bonchev–Trinajstić information content (AvgIpc) is 2.84. The molecule has 0 aliphatic heterocycles. The Morgan fingerprint density at radius 1 is 0.957 bits per heavy atom. The van der Waals surface area contributed by atoms with E-state index in [0.717, 1.165) is 29.1 Å². The molecule has 0 unspecified atom stereocenters. The summed E-state index contributed by atoms with van der Waals surface area (Å²) in [7, 11) is 0. The van der Waals surface area contributed by atoms with Crippen molar-refractivity contribution < 1.29 is 0 Å². The normalized spacial score (nSPS) is 11.6. The number of aromatic nitrogens is 2. The van der Waals surface area contributed by atoms with Crippen molar-refractivity contribution in [3.8, 4) is 11.1 Å². The van der Waals surface area contributed by atoms with Crippen LogP contribution in [0.25, 0.3) is 11.1 Å². The van der Waals surface area contributed by atoms with Crippen LogP contribution in [0.15, 0.2) is 60.7 Å². The fourth-order valence-electron chi connectivity index (χ4n) is 3.14. The van der Waals surface area contributed by atoms with Crippen molar-refractivity contribution in [1.29, 1.82) is 0 Å². The second-order valence-corrected chi connectivity index (χ2v) is 6.60. The Kier molecular flexibility index (Phi) is 3.95. The van der Waals surface area contributed by atoms with Gasteiger partial charge in [-0.1, -0.05) is 60.7 Å². The molecule has 118 valence electrons. The summed E-state index contributed by atoms with van der Waals surface area (Å²) >= 11 is 0. The van der Waals surface area contributed by atoms with Gasteiger partial charge in [0.15, 0.2) is 0 Å². The van der Waals surface area contributed by atoms with E-state index < -0.39 is 0 Å². The summed E-state index contributed by atoms with van der Waals surface area (Å²) < 4.78 is 1.97. The van der Waals surface area contributed by atoms with Crippen molar-refractivity contribution in [3.05, 3.63) is 71.9 Å². The first-order valence-electron chi connectivity index (χ1n) is 7.94. The standard InChI is InChI=1S/C20H23N3/c1-15-18(17-12-8-5-9-13-17)19(21)23(22-15)20(2,3)14-16-10-6-4-7-11-16/h4-13H,14,21H2,1-3H3. The maximum Gasteiger partial charge on any atom is 0.130 e. The molecule has 0 saturated carbocycles. The number of hydrogen-bond acceptors (Lipinski definition) is 2. The Morgan fingerprint density at radius 2 is 1.52 bits per heavy atom. The van der Waals surface area contributed by atoms with E-state index in [1.807, 2.05) is 35.9 Å². The van der Waals surface area contributed by atoms with Gasteiger partial charge in [0, 0.05) is 5.56 Å². The Morgan fingerprint density at radius 3 is 2.13 bits per heavy atom. The number of nitrogen functional groups attached to an aromatic ring is 1. The molecule has 23 heavy (non-hydrogen) atoms. The minimum Gasteiger partial charge on any atom is -0.383 e. The molecule has 2 aromatic carbocycles. The maximum absolute atomic E-state index is 6.48. The van der Waals surface area contributed by atoms with Gasteiger partial charge in [-0.05, 0) is 38.3 Å². The predicted molar refractivity (Wildman–Crippen MR) is 96.3 cm³/mol. The van der Waals surface area contributed by atoms with Crippen LogP contribution in [0.3, 0.4) is 0 Å². The third kappa shape index (κ3) is 3.00. The van der Waals surface area contributed by atoms with Crippen molar-refractivity contribution in [2.24, 2.45) is 0 Å². The maximum atomic E-state index is 6.48. The summed E-state index contributed by atoms with van der Waals surface area (Å²) in [5, 5.41) is 4.75. The number of benzene rings is 2. The van der Waals surface area contributed by atoms with Crippen LogP contribution in [-0.2, 0) is 12.0 Å². The second-order valence-electron chi connectivity index (χ2n) is 6.60. The number of rotatable bonds is 4. The predicted octanol–water partition coefficient (Wildman–Crippen LogP) is 4.42. The van der Waals surface area contributed by atoms with E-state index in [1.54, 1.807) is 0 Å². The van der Waals surface area contributed by atoms with Crippen LogP contribution in [0.2, 0.25) is 0 Å². The summed E-state index contributed by atoms with van der Waals surface area (Å²) in [6, 6.07) is 20.7. The van der Waals surface area contributed by atoms with Gasteiger partial charge in [-0.3, -0.25) is 0 Å². The highest BCUT2D eigenvalue weighted by Crippen LogP contribution is 2.33. The van der Waals surface area contributed by atoms with Crippen LogP contribution >= 0.6 is 0 Å². The average molecular weight is 305 g/mol. The summed E-state index contributed by atoms with van der Waals surface area (Å²) in [4.78, 5) is 0. The van der Waals surface area contributed by atoms with E-state index in [-0.39, 0.29) is 5.54 Å². The highest BCUT2D eigenvalue weighted by atomic mass is 15.4. The molecule has 3 heteroatoms. The molecule has 3 nitrogen and oxygen atoms in total. The molecule has 0 spiro atoms. The van der Waals surface area contributed by atoms with Gasteiger partial charge in [0.2, 0.25) is 0 Å². The molecule has 0 aliphatic rings. The van der Waals surface area contributed by atoms with E-state index in [0.29, 0.717) is 0 Å². The van der Waals surface area contributed by atoms with Crippen LogP contribution in [0, 0.1) is 6.92 Å². The third-order valence-corrected chi connectivity index (χ3v) is 4.21. The monoisotopic (exact) mass is 305 g/mol. The molecule has 0 amide bonds. The molecule has 0 radical (unpaired) electrons. The van der Waals surface area contributed by atoms with Crippen LogP contribution in [0.1, 0.15) is 25.1 Å². The Bertz CT molecular complexity index is 787. The van der Waals surface area contributed by atoms with E-state index >= 15 is 0 Å². The quantitative estimate of drug-likeness (QED) is 0.775. The van der Waals surface area contributed by atoms with Gasteiger partial charge in [-0.25, -0.2) is 4.68 Å². The number of anilines is 1. The van der Waals surface area contributed by atoms with Gasteiger partial charge in [0.05, 0.1) is 11.2 Å². The van der Waals surface area contributed by atoms with Crippen LogP contribution in [0.4, 0.5) is 5.82 Å². The van der Waals surface area contributed by atoms with E-state index in [4.69, 9.17) is 10.8 Å². The lowest BCUT2D eigenvalue weighted by Crippen LogP contribution is -2.31. The zero-order chi connectivity index (χ0) is 16.4. The molecule has 1 aromatic heterocycles. The molecule has 0 saturated heterocycles. The first kappa shape index (κ1) is 15.3. The van der Waals surface area contributed by atoms with E-state index in [1.165, 1.54) is 5.56 Å². The van der Waals surface area contributed by atoms with Gasteiger partial charge in [0.25, 0.3) is 0 Å². The third-order valence-electron chi connectivity index (χ3n) is 4.21. The highest BCUT2D eigenvalue weighted by Gasteiger charge is 2.27. The fraction of sp³-hybridized carbons (Fsp3) is 0.250. The van der Waals surface area contributed by atoms with E-state index in [2.05, 4.69) is 50.2 Å². The molecular weight excluding hydrogens is 282 g/mol. The summed E-state index contributed by atoms with van der Waals surface area (Å²) in [6.45, 7) is 6.38. The van der Waals surface area contributed by atoms with Crippen molar-refractivity contribution in [3.63, 3.8) is 0 Å². The lowest BCUT2D eigenvalue weighted by Gasteiger charge is -2.27. The SMILES string of the molecule is Cc1nn(C(C)(C)Cc2ccccc2)c(N)c1-c1ccccc1. The van der Waals surface area contributed by atoms with Crippen molar-refractivity contribution in [2.45, 2.75) is 32.7 Å². The van der Waals surface area contributed by atoms with Gasteiger partial charge >= 0.3 is 0 Å². The van der Waals surface area contributed by atoms with E-state index in [9.17, 15) is 0 Å². The smallest absolute Gasteiger partial charge is 0.130 e. The molecule has 0 bridgehead atoms. The summed E-state index contributed by atoms with van der Waals surface area (Å²) in [6.07, 6.45) is 0.882. The lowest BCUT2D eigenvalue weighted by molar-refractivity contribution is 0.321. The summed E-state index contributed by atoms with van der Waals surface area (Å²) in [5.41, 5.74) is 10.7. The fourth-order valence-corrected chi connectivity index (χ4v) is 3.14. The van der Waals surface area contributed by atoms with Gasteiger partial charge < -0.3 is 5.73 Å². The molecule has 1 heterocycles. The Labute approximate surface area is 137 Å². The number of aryl methyl sites for hydroxylation is 1. The van der Waals surface area contributed by atoms with Gasteiger partial charge in [-0.2, -0.15) is 5.10 Å². The van der Waals surface area contributed by atoms with Crippen LogP contribution in [-0.4, -0.2) is 9.78 Å². The van der Waals surface area contributed by atoms with Crippen LogP contribution < -0.4 is 5.73 Å². The molecule has 0 aliphatic carbocycles. The zero-order valence-electron chi connectivity index (χ0n) is 14.0. The minimum atomic E-state index is -0.191. The van der Waals surface area contributed by atoms with Crippen molar-refractivity contribution in [2.75, 3.05) is 5.73 Å². The van der Waals surface area contributed by atoms with Crippen molar-refractivity contribution in [1.82, 2.24) is 9.78 Å². The molecule has 0 fully saturated rings. The second kappa shape index (κ2) is 5.92. The summed E-state index contributed by atoms with van der Waals surface area (Å²) in [5.74, 6) is 0.731. The number of nitrogens with two attached hydrogens (primary N) is 1. The number of nitrogens with zero attached hydrogens (tertiary/aromatic N) is 2.